The topological polar surface area (TPSA) is 12.0 Å². The van der Waals surface area contributed by atoms with E-state index in [1.54, 1.807) is 0 Å². The predicted molar refractivity (Wildman–Crippen MR) is 104 cm³/mol. The lowest BCUT2D eigenvalue weighted by Crippen LogP contribution is -2.19. The van der Waals surface area contributed by atoms with Gasteiger partial charge < -0.3 is 5.32 Å². The maximum absolute atomic E-state index is 3.86. The van der Waals surface area contributed by atoms with Gasteiger partial charge in [-0.1, -0.05) is 72.8 Å². The smallest absolute Gasteiger partial charge is 0.0432 e. The first kappa shape index (κ1) is 17.8. The third kappa shape index (κ3) is 5.95. The Morgan fingerprint density at radius 3 is 2.04 bits per heavy atom. The van der Waals surface area contributed by atoms with Crippen molar-refractivity contribution in [2.45, 2.75) is 33.1 Å². The second kappa shape index (κ2) is 9.60. The number of hydrogen-bond donors (Lipinski definition) is 1. The molecule has 0 saturated carbocycles. The van der Waals surface area contributed by atoms with Gasteiger partial charge in [-0.05, 0) is 43.4 Å². The maximum atomic E-state index is 3.86. The highest BCUT2D eigenvalue weighted by molar-refractivity contribution is 5.24. The Labute approximate surface area is 146 Å². The van der Waals surface area contributed by atoms with E-state index in [2.05, 4.69) is 92.1 Å². The van der Waals surface area contributed by atoms with Gasteiger partial charge in [0.2, 0.25) is 0 Å². The van der Waals surface area contributed by atoms with E-state index in [1.807, 2.05) is 0 Å². The first-order valence-corrected chi connectivity index (χ1v) is 8.55. The SMILES string of the molecule is C=C=C(CCc1ccccc1)CNC(Cc1ccccc1)=C(C)C. The van der Waals surface area contributed by atoms with E-state index in [4.69, 9.17) is 0 Å². The van der Waals surface area contributed by atoms with Crippen LogP contribution in [-0.4, -0.2) is 6.54 Å². The number of benzene rings is 2. The van der Waals surface area contributed by atoms with Gasteiger partial charge in [0.1, 0.15) is 0 Å². The van der Waals surface area contributed by atoms with Crippen LogP contribution in [0.15, 0.2) is 89.8 Å². The van der Waals surface area contributed by atoms with Crippen molar-refractivity contribution in [2.24, 2.45) is 0 Å². The summed E-state index contributed by atoms with van der Waals surface area (Å²) in [5, 5.41) is 3.60. The van der Waals surface area contributed by atoms with E-state index >= 15 is 0 Å². The summed E-state index contributed by atoms with van der Waals surface area (Å²) in [4.78, 5) is 0. The van der Waals surface area contributed by atoms with Crippen molar-refractivity contribution < 1.29 is 0 Å². The Hall–Kier alpha value is -2.50. The summed E-state index contributed by atoms with van der Waals surface area (Å²) in [5.41, 5.74) is 9.64. The summed E-state index contributed by atoms with van der Waals surface area (Å²) in [6, 6.07) is 21.2. The number of hydrogen-bond acceptors (Lipinski definition) is 1. The molecule has 0 saturated heterocycles. The number of allylic oxidation sites excluding steroid dienone is 2. The lowest BCUT2D eigenvalue weighted by atomic mass is 10.0. The molecule has 124 valence electrons. The minimum Gasteiger partial charge on any atom is -0.384 e. The zero-order valence-corrected chi connectivity index (χ0v) is 14.8. The number of aryl methyl sites for hydroxylation is 1. The molecule has 1 heteroatoms. The molecule has 0 fully saturated rings. The van der Waals surface area contributed by atoms with Crippen LogP contribution < -0.4 is 5.32 Å². The zero-order valence-electron chi connectivity index (χ0n) is 14.8. The van der Waals surface area contributed by atoms with Crippen LogP contribution in [0.25, 0.3) is 0 Å². The molecule has 0 bridgehead atoms. The van der Waals surface area contributed by atoms with Crippen LogP contribution in [0.4, 0.5) is 0 Å². The number of nitrogens with one attached hydrogen (secondary N) is 1. The molecule has 0 aliphatic heterocycles. The van der Waals surface area contributed by atoms with Crippen LogP contribution in [0.1, 0.15) is 31.4 Å². The third-order valence-electron chi connectivity index (χ3n) is 4.15. The van der Waals surface area contributed by atoms with Gasteiger partial charge in [0.05, 0.1) is 0 Å². The Balaban J connectivity index is 1.90. The largest absolute Gasteiger partial charge is 0.384 e. The van der Waals surface area contributed by atoms with Crippen LogP contribution in [0.2, 0.25) is 0 Å². The van der Waals surface area contributed by atoms with Crippen molar-refractivity contribution in [1.29, 1.82) is 0 Å². The Morgan fingerprint density at radius 2 is 1.50 bits per heavy atom. The van der Waals surface area contributed by atoms with Crippen LogP contribution in [0.5, 0.6) is 0 Å². The first-order chi connectivity index (χ1) is 11.7. The highest BCUT2D eigenvalue weighted by Gasteiger charge is 2.04. The normalized spacial score (nSPS) is 9.92. The minimum absolute atomic E-state index is 0.809. The van der Waals surface area contributed by atoms with E-state index in [1.165, 1.54) is 28.0 Å². The molecule has 0 aliphatic rings. The van der Waals surface area contributed by atoms with Gasteiger partial charge >= 0.3 is 0 Å². The van der Waals surface area contributed by atoms with E-state index in [-0.39, 0.29) is 0 Å². The molecule has 0 heterocycles. The molecule has 0 radical (unpaired) electrons. The van der Waals surface area contributed by atoms with Crippen LogP contribution in [-0.2, 0) is 12.8 Å². The maximum Gasteiger partial charge on any atom is 0.0432 e. The van der Waals surface area contributed by atoms with Crippen LogP contribution in [0, 0.1) is 0 Å². The fraction of sp³-hybridized carbons (Fsp3) is 0.261. The molecule has 0 aliphatic carbocycles. The van der Waals surface area contributed by atoms with Crippen molar-refractivity contribution in [2.75, 3.05) is 6.54 Å². The molecule has 1 N–H and O–H groups in total. The van der Waals surface area contributed by atoms with Gasteiger partial charge in [0.25, 0.3) is 0 Å². The van der Waals surface area contributed by atoms with Gasteiger partial charge in [-0.2, -0.15) is 0 Å². The molecule has 24 heavy (non-hydrogen) atoms. The summed E-state index contributed by atoms with van der Waals surface area (Å²) in [6.07, 6.45) is 2.96. The van der Waals surface area contributed by atoms with Crippen molar-refractivity contribution in [3.05, 3.63) is 101 Å². The molecule has 0 unspecified atom stereocenters. The summed E-state index contributed by atoms with van der Waals surface area (Å²) in [5.74, 6) is 0. The average molecular weight is 317 g/mol. The second-order valence-electron chi connectivity index (χ2n) is 6.26. The molecule has 1 nitrogen and oxygen atoms in total. The predicted octanol–water partition coefficient (Wildman–Crippen LogP) is 5.46. The summed E-state index contributed by atoms with van der Waals surface area (Å²) in [6.45, 7) is 8.99. The van der Waals surface area contributed by atoms with Gasteiger partial charge in [-0.15, -0.1) is 5.73 Å². The van der Waals surface area contributed by atoms with Crippen molar-refractivity contribution >= 4 is 0 Å². The lowest BCUT2D eigenvalue weighted by molar-refractivity contribution is 0.778. The molecule has 0 amide bonds. The molecular formula is C23H27N. The van der Waals surface area contributed by atoms with Gasteiger partial charge in [-0.25, -0.2) is 0 Å². The lowest BCUT2D eigenvalue weighted by Gasteiger charge is -2.15. The van der Waals surface area contributed by atoms with Gasteiger partial charge in [-0.3, -0.25) is 0 Å². The standard InChI is InChI=1S/C23H27N/c1-4-20(15-16-21-11-7-5-8-12-21)18-24-23(19(2)3)17-22-13-9-6-10-14-22/h5-14,24H,1,15-18H2,2-3H3. The Kier molecular flexibility index (Phi) is 7.14. The fourth-order valence-electron chi connectivity index (χ4n) is 2.61. The van der Waals surface area contributed by atoms with E-state index < -0.39 is 0 Å². The summed E-state index contributed by atoms with van der Waals surface area (Å²) in [7, 11) is 0. The molecule has 0 atom stereocenters. The van der Waals surface area contributed by atoms with Crippen molar-refractivity contribution in [1.82, 2.24) is 5.32 Å². The highest BCUT2D eigenvalue weighted by atomic mass is 14.9. The molecule has 2 aromatic rings. The molecule has 0 aromatic heterocycles. The quantitative estimate of drug-likeness (QED) is 0.638. The fourth-order valence-corrected chi connectivity index (χ4v) is 2.61. The Morgan fingerprint density at radius 1 is 0.917 bits per heavy atom. The van der Waals surface area contributed by atoms with Crippen molar-refractivity contribution in [3.63, 3.8) is 0 Å². The van der Waals surface area contributed by atoms with E-state index in [0.717, 1.165) is 25.8 Å². The average Bonchev–Trinajstić information content (AvgIpc) is 2.62. The second-order valence-corrected chi connectivity index (χ2v) is 6.26. The highest BCUT2D eigenvalue weighted by Crippen LogP contribution is 2.12. The molecular weight excluding hydrogens is 290 g/mol. The third-order valence-corrected chi connectivity index (χ3v) is 4.15. The van der Waals surface area contributed by atoms with Crippen molar-refractivity contribution in [3.8, 4) is 0 Å². The molecule has 2 rings (SSSR count). The molecule has 2 aromatic carbocycles. The van der Waals surface area contributed by atoms with Crippen LogP contribution >= 0.6 is 0 Å². The first-order valence-electron chi connectivity index (χ1n) is 8.55. The number of rotatable bonds is 8. The molecule has 0 spiro atoms. The summed E-state index contributed by atoms with van der Waals surface area (Å²) < 4.78 is 0. The van der Waals surface area contributed by atoms with E-state index in [0.29, 0.717) is 0 Å². The monoisotopic (exact) mass is 317 g/mol. The van der Waals surface area contributed by atoms with E-state index in [9.17, 15) is 0 Å². The van der Waals surface area contributed by atoms with Gasteiger partial charge in [0, 0.05) is 18.7 Å². The Bertz CT molecular complexity index is 700. The summed E-state index contributed by atoms with van der Waals surface area (Å²) >= 11 is 0. The van der Waals surface area contributed by atoms with Crippen LogP contribution in [0.3, 0.4) is 0 Å². The minimum atomic E-state index is 0.809. The zero-order chi connectivity index (χ0) is 17.2. The van der Waals surface area contributed by atoms with Gasteiger partial charge in [0.15, 0.2) is 0 Å².